The Kier molecular flexibility index (Phi) is 10.3. The zero-order valence-electron chi connectivity index (χ0n) is 25.8. The predicted octanol–water partition coefficient (Wildman–Crippen LogP) is 7.00. The van der Waals surface area contributed by atoms with Gasteiger partial charge >= 0.3 is 6.09 Å². The van der Waals surface area contributed by atoms with Gasteiger partial charge in [-0.25, -0.2) is 4.79 Å². The molecule has 4 atom stereocenters. The van der Waals surface area contributed by atoms with Crippen LogP contribution in [0.5, 0.6) is 0 Å². The fraction of sp³-hybridized carbons (Fsp3) is 0.889. The van der Waals surface area contributed by atoms with Gasteiger partial charge in [0.2, 0.25) is 0 Å². The summed E-state index contributed by atoms with van der Waals surface area (Å²) in [5.74, 6) is -0.863. The third kappa shape index (κ3) is 9.24. The van der Waals surface area contributed by atoms with Crippen molar-refractivity contribution >= 4 is 22.7 Å². The van der Waals surface area contributed by atoms with Gasteiger partial charge in [-0.3, -0.25) is 0 Å². The summed E-state index contributed by atoms with van der Waals surface area (Å²) >= 11 is 0. The summed E-state index contributed by atoms with van der Waals surface area (Å²) in [6, 6.07) is -0.537. The number of nitrogens with one attached hydrogen (secondary N) is 1. The first kappa shape index (κ1) is 33.3. The number of ether oxygens (including phenoxy) is 3. The van der Waals surface area contributed by atoms with E-state index in [4.69, 9.17) is 23.1 Å². The van der Waals surface area contributed by atoms with Crippen molar-refractivity contribution in [2.45, 2.75) is 148 Å². The molecule has 0 bridgehead atoms. The van der Waals surface area contributed by atoms with Crippen LogP contribution in [0.4, 0.5) is 4.79 Å². The molecule has 9 heteroatoms. The van der Waals surface area contributed by atoms with Crippen molar-refractivity contribution in [1.82, 2.24) is 5.32 Å². The van der Waals surface area contributed by atoms with Crippen molar-refractivity contribution in [2.75, 3.05) is 6.61 Å². The quantitative estimate of drug-likeness (QED) is 0.248. The smallest absolute Gasteiger partial charge is 0.408 e. The second kappa shape index (κ2) is 11.2. The van der Waals surface area contributed by atoms with Crippen LogP contribution in [0.3, 0.4) is 0 Å². The molecule has 1 N–H and O–H groups in total. The highest BCUT2D eigenvalue weighted by molar-refractivity contribution is 6.74. The van der Waals surface area contributed by atoms with Crippen LogP contribution in [-0.4, -0.2) is 65.1 Å². The molecule has 0 aliphatic carbocycles. The third-order valence-corrected chi connectivity index (χ3v) is 16.5. The fourth-order valence-corrected chi connectivity index (χ4v) is 5.69. The van der Waals surface area contributed by atoms with Crippen LogP contribution in [0.2, 0.25) is 36.3 Å². The van der Waals surface area contributed by atoms with Crippen LogP contribution in [0.25, 0.3) is 0 Å². The van der Waals surface area contributed by atoms with E-state index in [2.05, 4.69) is 79.6 Å². The van der Waals surface area contributed by atoms with Crippen LogP contribution in [0, 0.1) is 0 Å². The first-order chi connectivity index (χ1) is 15.8. The summed E-state index contributed by atoms with van der Waals surface area (Å²) in [5.41, 5.74) is -0.619. The zero-order chi connectivity index (χ0) is 28.5. The summed E-state index contributed by atoms with van der Waals surface area (Å²) in [6.07, 6.45) is -0.238. The normalized spacial score (nSPS) is 23.2. The number of rotatable bonds is 9. The van der Waals surface area contributed by atoms with Gasteiger partial charge in [-0.15, -0.1) is 6.58 Å². The van der Waals surface area contributed by atoms with Crippen molar-refractivity contribution in [3.8, 4) is 0 Å². The highest BCUT2D eigenvalue weighted by Gasteiger charge is 2.52. The van der Waals surface area contributed by atoms with Crippen molar-refractivity contribution in [3.05, 3.63) is 12.7 Å². The molecule has 0 radical (unpaired) electrons. The van der Waals surface area contributed by atoms with E-state index in [9.17, 15) is 4.79 Å². The molecule has 1 aliphatic heterocycles. The van der Waals surface area contributed by atoms with Gasteiger partial charge in [-0.2, -0.15) is 0 Å². The molecule has 0 saturated carbocycles. The Labute approximate surface area is 223 Å². The lowest BCUT2D eigenvalue weighted by Crippen LogP contribution is -2.56. The van der Waals surface area contributed by atoms with Gasteiger partial charge in [0.25, 0.3) is 0 Å². The molecule has 1 heterocycles. The highest BCUT2D eigenvalue weighted by Crippen LogP contribution is 2.42. The molecule has 0 aromatic rings. The van der Waals surface area contributed by atoms with Gasteiger partial charge < -0.3 is 28.4 Å². The van der Waals surface area contributed by atoms with Crippen molar-refractivity contribution in [1.29, 1.82) is 0 Å². The van der Waals surface area contributed by atoms with E-state index < -0.39 is 52.4 Å². The Morgan fingerprint density at radius 1 is 0.944 bits per heavy atom. The molecular formula is C27H55NO6Si2. The first-order valence-corrected chi connectivity index (χ1v) is 18.9. The Morgan fingerprint density at radius 2 is 1.42 bits per heavy atom. The summed E-state index contributed by atoms with van der Waals surface area (Å²) < 4.78 is 31.9. The number of alkyl carbamates (subject to hydrolysis) is 1. The molecule has 0 spiro atoms. The first-order valence-electron chi connectivity index (χ1n) is 13.1. The van der Waals surface area contributed by atoms with Crippen molar-refractivity contribution in [2.24, 2.45) is 0 Å². The molecular weight excluding hydrogens is 490 g/mol. The lowest BCUT2D eigenvalue weighted by molar-refractivity contribution is -0.156. The van der Waals surface area contributed by atoms with Crippen LogP contribution in [-0.2, 0) is 23.1 Å². The van der Waals surface area contributed by atoms with E-state index in [-0.39, 0.29) is 16.2 Å². The van der Waals surface area contributed by atoms with E-state index in [0.29, 0.717) is 6.61 Å². The van der Waals surface area contributed by atoms with Crippen molar-refractivity contribution < 1.29 is 27.9 Å². The Bertz CT molecular complexity index is 762. The third-order valence-electron chi connectivity index (χ3n) is 7.49. The number of carbonyl (C=O) groups excluding carboxylic acids is 1. The van der Waals surface area contributed by atoms with Gasteiger partial charge in [-0.1, -0.05) is 47.6 Å². The lowest BCUT2D eigenvalue weighted by atomic mass is 10.0. The van der Waals surface area contributed by atoms with Crippen LogP contribution in [0.1, 0.15) is 76.2 Å². The molecule has 0 aromatic carbocycles. The second-order valence-corrected chi connectivity index (χ2v) is 24.0. The molecule has 7 nitrogen and oxygen atoms in total. The van der Waals surface area contributed by atoms with E-state index in [1.807, 2.05) is 34.6 Å². The van der Waals surface area contributed by atoms with E-state index in [1.165, 1.54) is 0 Å². The Morgan fingerprint density at radius 3 is 1.83 bits per heavy atom. The number of hydrogen-bond acceptors (Lipinski definition) is 6. The molecule has 0 unspecified atom stereocenters. The van der Waals surface area contributed by atoms with Crippen LogP contribution in [0.15, 0.2) is 12.7 Å². The van der Waals surface area contributed by atoms with Gasteiger partial charge in [0.1, 0.15) is 17.8 Å². The SMILES string of the molecule is C=C[C@H](NC(=O)OC(C)(C)C)[C@@H]1OC(C)(C)O[C@@H]1[C@@H](CO[Si](C)(C)C(C)(C)C)O[Si](C)(C)C(C)(C)C. The molecule has 1 rings (SSSR count). The number of hydrogen-bond donors (Lipinski definition) is 1. The number of carbonyl (C=O) groups is 1. The summed E-state index contributed by atoms with van der Waals surface area (Å²) in [5, 5.41) is 2.97. The fourth-order valence-electron chi connectivity index (χ4n) is 3.36. The van der Waals surface area contributed by atoms with Crippen LogP contribution < -0.4 is 5.32 Å². The Balaban J connectivity index is 3.37. The Hall–Kier alpha value is -0.716. The molecule has 1 saturated heterocycles. The molecule has 1 amide bonds. The van der Waals surface area contributed by atoms with E-state index in [1.54, 1.807) is 6.08 Å². The predicted molar refractivity (Wildman–Crippen MR) is 152 cm³/mol. The molecule has 1 fully saturated rings. The average molecular weight is 546 g/mol. The maximum atomic E-state index is 12.6. The minimum absolute atomic E-state index is 0.000692. The summed E-state index contributed by atoms with van der Waals surface area (Å²) in [7, 11) is -4.26. The van der Waals surface area contributed by atoms with Gasteiger partial charge in [0, 0.05) is 0 Å². The molecule has 1 aliphatic rings. The minimum Gasteiger partial charge on any atom is -0.444 e. The second-order valence-electron chi connectivity index (χ2n) is 14.5. The average Bonchev–Trinajstić information content (AvgIpc) is 2.95. The van der Waals surface area contributed by atoms with Gasteiger partial charge in [-0.05, 0) is 70.9 Å². The lowest BCUT2D eigenvalue weighted by Gasteiger charge is -2.43. The molecule has 36 heavy (non-hydrogen) atoms. The van der Waals surface area contributed by atoms with Gasteiger partial charge in [0.05, 0.1) is 18.8 Å². The molecule has 212 valence electrons. The summed E-state index contributed by atoms with van der Waals surface area (Å²) in [4.78, 5) is 12.6. The standard InChI is InChI=1S/C27H55NO6Si2/c1-17-19(28-23(29)33-24(2,3)4)21-22(32-27(11,12)31-21)20(34-36(15,16)26(8,9)10)18-30-35(13,14)25(5,6)7/h17,19-22H,1,18H2,2-16H3,(H,28,29)/t19-,20+,21-,22+/m0/s1. The van der Waals surface area contributed by atoms with Gasteiger partial charge in [0.15, 0.2) is 22.4 Å². The van der Waals surface area contributed by atoms with E-state index >= 15 is 0 Å². The van der Waals surface area contributed by atoms with E-state index in [0.717, 1.165) is 0 Å². The van der Waals surface area contributed by atoms with Crippen LogP contribution >= 0.6 is 0 Å². The van der Waals surface area contributed by atoms with Crippen molar-refractivity contribution in [3.63, 3.8) is 0 Å². The maximum Gasteiger partial charge on any atom is 0.408 e. The largest absolute Gasteiger partial charge is 0.444 e. The zero-order valence-corrected chi connectivity index (χ0v) is 27.8. The monoisotopic (exact) mass is 545 g/mol. The topological polar surface area (TPSA) is 75.3 Å². The number of amides is 1. The minimum atomic E-state index is -2.20. The molecule has 0 aromatic heterocycles. The summed E-state index contributed by atoms with van der Waals surface area (Å²) in [6.45, 7) is 35.9. The highest BCUT2D eigenvalue weighted by atomic mass is 28.4. The maximum absolute atomic E-state index is 12.6.